The molecule has 12 heteroatoms. The fourth-order valence-electron chi connectivity index (χ4n) is 3.97. The number of carboxylic acids is 1. The molecule has 4 unspecified atom stereocenters. The summed E-state index contributed by atoms with van der Waals surface area (Å²) in [5.74, 6) is -1.56. The van der Waals surface area contributed by atoms with E-state index in [0.717, 1.165) is 0 Å². The van der Waals surface area contributed by atoms with Gasteiger partial charge in [0.15, 0.2) is 0 Å². The molecular weight excluding hydrogens is 460 g/mol. The highest BCUT2D eigenvalue weighted by molar-refractivity contribution is 7.98. The van der Waals surface area contributed by atoms with Crippen LogP contribution in [0.1, 0.15) is 45.2 Å². The normalized spacial score (nSPS) is 18.4. The van der Waals surface area contributed by atoms with E-state index >= 15 is 0 Å². The van der Waals surface area contributed by atoms with Crippen LogP contribution in [0.15, 0.2) is 12.5 Å². The average Bonchev–Trinajstić information content (AvgIpc) is 3.47. The van der Waals surface area contributed by atoms with Crippen molar-refractivity contribution in [1.29, 1.82) is 0 Å². The number of nitrogens with one attached hydrogen (secondary N) is 3. The Morgan fingerprint density at radius 2 is 2.03 bits per heavy atom. The van der Waals surface area contributed by atoms with E-state index in [2.05, 4.69) is 20.6 Å². The molecule has 0 bridgehead atoms. The van der Waals surface area contributed by atoms with E-state index < -0.39 is 36.0 Å². The third kappa shape index (κ3) is 8.01. The fraction of sp³-hybridized carbons (Fsp3) is 0.682. The Kier molecular flexibility index (Phi) is 10.8. The summed E-state index contributed by atoms with van der Waals surface area (Å²) in [7, 11) is 0. The van der Waals surface area contributed by atoms with Gasteiger partial charge in [-0.05, 0) is 43.6 Å². The lowest BCUT2D eigenvalue weighted by atomic mass is 10.0. The molecule has 1 fully saturated rings. The lowest BCUT2D eigenvalue weighted by molar-refractivity contribution is -0.145. The Morgan fingerprint density at radius 3 is 2.62 bits per heavy atom. The fourth-order valence-corrected chi connectivity index (χ4v) is 4.45. The van der Waals surface area contributed by atoms with Crippen molar-refractivity contribution in [3.63, 3.8) is 0 Å². The minimum atomic E-state index is -1.18. The Bertz CT molecular complexity index is 834. The van der Waals surface area contributed by atoms with Crippen LogP contribution in [0.25, 0.3) is 0 Å². The van der Waals surface area contributed by atoms with Gasteiger partial charge in [-0.3, -0.25) is 14.4 Å². The van der Waals surface area contributed by atoms with Gasteiger partial charge in [0, 0.05) is 24.9 Å². The number of nitrogens with zero attached hydrogens (tertiary/aromatic N) is 2. The number of H-pyrrole nitrogens is 1. The summed E-state index contributed by atoms with van der Waals surface area (Å²) >= 11 is 1.55. The zero-order chi connectivity index (χ0) is 25.3. The van der Waals surface area contributed by atoms with Crippen LogP contribution < -0.4 is 16.4 Å². The Balaban J connectivity index is 2.09. The van der Waals surface area contributed by atoms with Crippen molar-refractivity contribution in [2.75, 3.05) is 18.6 Å². The van der Waals surface area contributed by atoms with Crippen molar-refractivity contribution in [2.24, 2.45) is 11.7 Å². The molecule has 1 aliphatic rings. The highest BCUT2D eigenvalue weighted by atomic mass is 32.2. The van der Waals surface area contributed by atoms with Crippen LogP contribution >= 0.6 is 11.8 Å². The van der Waals surface area contributed by atoms with Crippen LogP contribution in [-0.2, 0) is 25.6 Å². The number of rotatable bonds is 13. The molecule has 34 heavy (non-hydrogen) atoms. The van der Waals surface area contributed by atoms with Crippen molar-refractivity contribution in [3.8, 4) is 0 Å². The Labute approximate surface area is 204 Å². The molecule has 0 saturated carbocycles. The number of nitrogens with two attached hydrogens (primary N) is 1. The number of carboxylic acid groups (broad SMARTS) is 1. The van der Waals surface area contributed by atoms with Gasteiger partial charge in [-0.2, -0.15) is 11.8 Å². The standard InChI is InChI=1S/C22H36N6O5S/c1-13(2)9-15(23)19(29)26-16(6-8-34-3)21(31)28-7-4-5-18(28)20(30)27-17(22(32)33)10-14-11-24-12-25-14/h11-13,15-18H,4-10,23H2,1-3H3,(H,24,25)(H,26,29)(H,27,30)(H,32,33). The second kappa shape index (κ2) is 13.3. The first-order valence-corrected chi connectivity index (χ1v) is 12.9. The van der Waals surface area contributed by atoms with Gasteiger partial charge in [0.25, 0.3) is 0 Å². The van der Waals surface area contributed by atoms with Crippen LogP contribution in [0.5, 0.6) is 0 Å². The number of hydrogen-bond acceptors (Lipinski definition) is 7. The molecule has 0 aromatic carbocycles. The maximum atomic E-state index is 13.4. The molecule has 1 aromatic heterocycles. The molecule has 1 aromatic rings. The Hall–Kier alpha value is -2.60. The number of amides is 3. The largest absolute Gasteiger partial charge is 0.480 e. The summed E-state index contributed by atoms with van der Waals surface area (Å²) in [6.45, 7) is 4.29. The first kappa shape index (κ1) is 27.6. The zero-order valence-electron chi connectivity index (χ0n) is 20.0. The number of imidazole rings is 1. The SMILES string of the molecule is CSCCC(NC(=O)C(N)CC(C)C)C(=O)N1CCCC1C(=O)NC(Cc1cnc[nH]1)C(=O)O. The molecular formula is C22H36N6O5S. The predicted molar refractivity (Wildman–Crippen MR) is 129 cm³/mol. The van der Waals surface area contributed by atoms with Gasteiger partial charge in [-0.25, -0.2) is 9.78 Å². The van der Waals surface area contributed by atoms with Crippen LogP contribution in [-0.4, -0.2) is 86.4 Å². The summed E-state index contributed by atoms with van der Waals surface area (Å²) in [6, 6.07) is -3.48. The highest BCUT2D eigenvalue weighted by Crippen LogP contribution is 2.20. The molecule has 1 aliphatic heterocycles. The molecule has 0 aliphatic carbocycles. The second-order valence-electron chi connectivity index (χ2n) is 8.95. The van der Waals surface area contributed by atoms with Crippen molar-refractivity contribution in [1.82, 2.24) is 25.5 Å². The Morgan fingerprint density at radius 1 is 1.29 bits per heavy atom. The average molecular weight is 497 g/mol. The van der Waals surface area contributed by atoms with Crippen LogP contribution in [0.4, 0.5) is 0 Å². The summed E-state index contributed by atoms with van der Waals surface area (Å²) in [4.78, 5) is 58.8. The maximum Gasteiger partial charge on any atom is 0.326 e. The number of carbonyl (C=O) groups excluding carboxylic acids is 3. The summed E-state index contributed by atoms with van der Waals surface area (Å²) in [6.07, 6.45) is 6.81. The van der Waals surface area contributed by atoms with Gasteiger partial charge in [0.2, 0.25) is 17.7 Å². The lowest BCUT2D eigenvalue weighted by Crippen LogP contribution is -2.57. The topological polar surface area (TPSA) is 171 Å². The third-order valence-corrected chi connectivity index (χ3v) is 6.36. The molecule has 0 radical (unpaired) electrons. The van der Waals surface area contributed by atoms with E-state index in [1.807, 2.05) is 20.1 Å². The minimum Gasteiger partial charge on any atom is -0.480 e. The zero-order valence-corrected chi connectivity index (χ0v) is 20.8. The number of aromatic amines is 1. The summed E-state index contributed by atoms with van der Waals surface area (Å²) < 4.78 is 0. The maximum absolute atomic E-state index is 13.4. The summed E-state index contributed by atoms with van der Waals surface area (Å²) in [5, 5.41) is 14.9. The minimum absolute atomic E-state index is 0.0435. The van der Waals surface area contributed by atoms with Crippen LogP contribution in [0.2, 0.25) is 0 Å². The third-order valence-electron chi connectivity index (χ3n) is 5.72. The van der Waals surface area contributed by atoms with Gasteiger partial charge < -0.3 is 31.4 Å². The smallest absolute Gasteiger partial charge is 0.326 e. The number of aromatic nitrogens is 2. The quantitative estimate of drug-likeness (QED) is 0.256. The van der Waals surface area contributed by atoms with E-state index in [0.29, 0.717) is 43.7 Å². The van der Waals surface area contributed by atoms with Crippen molar-refractivity contribution in [2.45, 2.75) is 70.1 Å². The van der Waals surface area contributed by atoms with Gasteiger partial charge in [0.1, 0.15) is 18.1 Å². The van der Waals surface area contributed by atoms with E-state index in [-0.39, 0.29) is 24.2 Å². The number of hydrogen-bond donors (Lipinski definition) is 5. The van der Waals surface area contributed by atoms with E-state index in [9.17, 15) is 24.3 Å². The molecule has 0 spiro atoms. The highest BCUT2D eigenvalue weighted by Gasteiger charge is 2.39. The molecule has 11 nitrogen and oxygen atoms in total. The molecule has 1 saturated heterocycles. The van der Waals surface area contributed by atoms with Crippen molar-refractivity contribution < 1.29 is 24.3 Å². The number of carbonyl (C=O) groups is 4. The number of likely N-dealkylation sites (tertiary alicyclic amines) is 1. The van der Waals surface area contributed by atoms with Crippen LogP contribution in [0, 0.1) is 5.92 Å². The van der Waals surface area contributed by atoms with Gasteiger partial charge in [0.05, 0.1) is 12.4 Å². The van der Waals surface area contributed by atoms with Gasteiger partial charge in [-0.15, -0.1) is 0 Å². The van der Waals surface area contributed by atoms with Crippen molar-refractivity contribution in [3.05, 3.63) is 18.2 Å². The molecule has 2 heterocycles. The molecule has 2 rings (SSSR count). The predicted octanol–water partition coefficient (Wildman–Crippen LogP) is 0.124. The molecule has 6 N–H and O–H groups in total. The van der Waals surface area contributed by atoms with Gasteiger partial charge >= 0.3 is 5.97 Å². The first-order chi connectivity index (χ1) is 16.1. The second-order valence-corrected chi connectivity index (χ2v) is 9.93. The monoisotopic (exact) mass is 496 g/mol. The summed E-state index contributed by atoms with van der Waals surface area (Å²) in [5.41, 5.74) is 6.57. The molecule has 3 amide bonds. The van der Waals surface area contributed by atoms with E-state index in [1.54, 1.807) is 11.8 Å². The molecule has 4 atom stereocenters. The van der Waals surface area contributed by atoms with Gasteiger partial charge in [-0.1, -0.05) is 13.8 Å². The number of aliphatic carboxylic acids is 1. The van der Waals surface area contributed by atoms with E-state index in [4.69, 9.17) is 5.73 Å². The molecule has 190 valence electrons. The first-order valence-electron chi connectivity index (χ1n) is 11.5. The lowest BCUT2D eigenvalue weighted by Gasteiger charge is -2.30. The van der Waals surface area contributed by atoms with Crippen LogP contribution in [0.3, 0.4) is 0 Å². The van der Waals surface area contributed by atoms with E-state index in [1.165, 1.54) is 17.4 Å². The van der Waals surface area contributed by atoms with Crippen molar-refractivity contribution >= 4 is 35.5 Å². The number of thioether (sulfide) groups is 1.